The Bertz CT molecular complexity index is 747. The van der Waals surface area contributed by atoms with Gasteiger partial charge in [-0.3, -0.25) is 4.79 Å². The highest BCUT2D eigenvalue weighted by atomic mass is 16.1. The van der Waals surface area contributed by atoms with Gasteiger partial charge in [0.15, 0.2) is 0 Å². The molecule has 1 atom stereocenters. The molecule has 1 aliphatic carbocycles. The number of ketones is 1. The van der Waals surface area contributed by atoms with Crippen molar-refractivity contribution in [3.63, 3.8) is 0 Å². The quantitative estimate of drug-likeness (QED) is 0.834. The maximum absolute atomic E-state index is 12.2. The van der Waals surface area contributed by atoms with E-state index in [1.54, 1.807) is 0 Å². The van der Waals surface area contributed by atoms with Crippen LogP contribution in [0.4, 0.5) is 0 Å². The first-order valence-corrected chi connectivity index (χ1v) is 7.54. The molecule has 0 N–H and O–H groups in total. The summed E-state index contributed by atoms with van der Waals surface area (Å²) in [6, 6.07) is 12.3. The van der Waals surface area contributed by atoms with Crippen LogP contribution in [0.2, 0.25) is 0 Å². The van der Waals surface area contributed by atoms with Crippen molar-refractivity contribution in [2.24, 2.45) is 5.92 Å². The standard InChI is InChI=1S/C19H18N2O/c1-3-13-9-16-15(10-18(13)22)12-21(2)17(11-20)19(16)14-7-5-4-6-8-14/h4-9,12-13H,3,10H2,1-2H3. The molecule has 0 radical (unpaired) electrons. The molecule has 110 valence electrons. The highest BCUT2D eigenvalue weighted by molar-refractivity contribution is 5.96. The molecule has 0 bridgehead atoms. The van der Waals surface area contributed by atoms with Gasteiger partial charge in [-0.25, -0.2) is 0 Å². The Morgan fingerprint density at radius 3 is 2.68 bits per heavy atom. The van der Waals surface area contributed by atoms with Crippen molar-refractivity contribution < 1.29 is 4.79 Å². The van der Waals surface area contributed by atoms with Gasteiger partial charge < -0.3 is 4.90 Å². The third kappa shape index (κ3) is 2.27. The first kappa shape index (κ1) is 14.3. The Kier molecular flexibility index (Phi) is 3.68. The second kappa shape index (κ2) is 5.65. The molecule has 0 saturated heterocycles. The van der Waals surface area contributed by atoms with Gasteiger partial charge in [0.05, 0.1) is 0 Å². The zero-order chi connectivity index (χ0) is 15.7. The van der Waals surface area contributed by atoms with Crippen molar-refractivity contribution in [3.05, 3.63) is 65.0 Å². The summed E-state index contributed by atoms with van der Waals surface area (Å²) < 4.78 is 0. The summed E-state index contributed by atoms with van der Waals surface area (Å²) in [5.74, 6) is 0.216. The largest absolute Gasteiger partial charge is 0.342 e. The number of benzene rings is 1. The lowest BCUT2D eigenvalue weighted by Crippen LogP contribution is -2.25. The predicted octanol–water partition coefficient (Wildman–Crippen LogP) is 3.68. The fraction of sp³-hybridized carbons (Fsp3) is 0.263. The van der Waals surface area contributed by atoms with Crippen molar-refractivity contribution in [1.82, 2.24) is 4.90 Å². The Balaban J connectivity index is 2.22. The van der Waals surface area contributed by atoms with Gasteiger partial charge >= 0.3 is 0 Å². The number of fused-ring (bicyclic) bond motifs is 1. The molecule has 0 amide bonds. The Morgan fingerprint density at radius 1 is 1.32 bits per heavy atom. The zero-order valence-electron chi connectivity index (χ0n) is 12.8. The summed E-state index contributed by atoms with van der Waals surface area (Å²) in [6.45, 7) is 2.03. The smallest absolute Gasteiger partial charge is 0.144 e. The fourth-order valence-electron chi connectivity index (χ4n) is 3.15. The van der Waals surface area contributed by atoms with E-state index in [1.165, 1.54) is 0 Å². The van der Waals surface area contributed by atoms with Crippen molar-refractivity contribution in [3.8, 4) is 6.07 Å². The summed E-state index contributed by atoms with van der Waals surface area (Å²) in [5, 5.41) is 9.59. The Labute approximate surface area is 130 Å². The topological polar surface area (TPSA) is 44.1 Å². The number of Topliss-reactive ketones (excluding diaryl/α,β-unsaturated/α-hetero) is 1. The van der Waals surface area contributed by atoms with Crippen molar-refractivity contribution in [2.75, 3.05) is 7.05 Å². The van der Waals surface area contributed by atoms with Crippen molar-refractivity contribution >= 4 is 11.4 Å². The van der Waals surface area contributed by atoms with Gasteiger partial charge in [0.25, 0.3) is 0 Å². The number of carbonyl (C=O) groups excluding carboxylic acids is 1. The van der Waals surface area contributed by atoms with Crippen LogP contribution in [-0.4, -0.2) is 17.7 Å². The predicted molar refractivity (Wildman–Crippen MR) is 86.3 cm³/mol. The van der Waals surface area contributed by atoms with E-state index < -0.39 is 0 Å². The van der Waals surface area contributed by atoms with Crippen LogP contribution in [0.25, 0.3) is 5.57 Å². The number of carbonyl (C=O) groups is 1. The summed E-state index contributed by atoms with van der Waals surface area (Å²) in [6.07, 6.45) is 5.21. The summed E-state index contributed by atoms with van der Waals surface area (Å²) in [5.41, 5.74) is 4.65. The molecule has 1 heterocycles. The molecule has 2 aliphatic rings. The average Bonchev–Trinajstić information content (AvgIpc) is 2.54. The van der Waals surface area contributed by atoms with Crippen LogP contribution in [0, 0.1) is 17.2 Å². The van der Waals surface area contributed by atoms with E-state index in [2.05, 4.69) is 6.07 Å². The Hall–Kier alpha value is -2.60. The van der Waals surface area contributed by atoms with Crippen LogP contribution in [-0.2, 0) is 4.79 Å². The zero-order valence-corrected chi connectivity index (χ0v) is 12.8. The molecule has 3 rings (SSSR count). The van der Waals surface area contributed by atoms with Gasteiger partial charge in [-0.15, -0.1) is 0 Å². The molecule has 3 nitrogen and oxygen atoms in total. The van der Waals surface area contributed by atoms with E-state index in [-0.39, 0.29) is 11.7 Å². The normalized spacial score (nSPS) is 21.0. The molecule has 0 saturated carbocycles. The highest BCUT2D eigenvalue weighted by Gasteiger charge is 2.31. The van der Waals surface area contributed by atoms with Gasteiger partial charge in [-0.05, 0) is 23.1 Å². The average molecular weight is 290 g/mol. The molecular weight excluding hydrogens is 272 g/mol. The molecular formula is C19H18N2O. The lowest BCUT2D eigenvalue weighted by Gasteiger charge is -2.31. The minimum absolute atomic E-state index is 0.0470. The van der Waals surface area contributed by atoms with E-state index in [4.69, 9.17) is 0 Å². The van der Waals surface area contributed by atoms with E-state index in [0.29, 0.717) is 12.1 Å². The van der Waals surface area contributed by atoms with Crippen LogP contribution in [0.5, 0.6) is 0 Å². The Morgan fingerprint density at radius 2 is 2.05 bits per heavy atom. The van der Waals surface area contributed by atoms with Crippen LogP contribution >= 0.6 is 0 Å². The number of hydrogen-bond donors (Lipinski definition) is 0. The van der Waals surface area contributed by atoms with E-state index >= 15 is 0 Å². The number of nitriles is 1. The molecule has 22 heavy (non-hydrogen) atoms. The van der Waals surface area contributed by atoms with E-state index in [1.807, 2.05) is 61.5 Å². The summed E-state index contributed by atoms with van der Waals surface area (Å²) in [4.78, 5) is 14.0. The molecule has 1 unspecified atom stereocenters. The molecule has 0 spiro atoms. The number of hydrogen-bond acceptors (Lipinski definition) is 3. The van der Waals surface area contributed by atoms with E-state index in [0.717, 1.165) is 28.7 Å². The molecule has 3 heteroatoms. The molecule has 1 aliphatic heterocycles. The molecule has 0 aromatic heterocycles. The third-order valence-corrected chi connectivity index (χ3v) is 4.31. The lowest BCUT2D eigenvalue weighted by molar-refractivity contribution is -0.121. The SMILES string of the molecule is CCC1C=C2C(=CN(C)C(C#N)=C2c2ccccc2)CC1=O. The number of nitrogens with zero attached hydrogens (tertiary/aromatic N) is 2. The van der Waals surface area contributed by atoms with Gasteiger partial charge in [-0.1, -0.05) is 43.3 Å². The third-order valence-electron chi connectivity index (χ3n) is 4.31. The second-order valence-electron chi connectivity index (χ2n) is 5.70. The van der Waals surface area contributed by atoms with Gasteiger partial charge in [0, 0.05) is 31.2 Å². The van der Waals surface area contributed by atoms with Crippen molar-refractivity contribution in [1.29, 1.82) is 5.26 Å². The summed E-state index contributed by atoms with van der Waals surface area (Å²) in [7, 11) is 1.86. The van der Waals surface area contributed by atoms with Crippen LogP contribution in [0.1, 0.15) is 25.3 Å². The molecule has 1 aromatic carbocycles. The maximum atomic E-state index is 12.2. The van der Waals surface area contributed by atoms with Crippen LogP contribution < -0.4 is 0 Å². The highest BCUT2D eigenvalue weighted by Crippen LogP contribution is 2.41. The minimum Gasteiger partial charge on any atom is -0.342 e. The minimum atomic E-state index is -0.0470. The van der Waals surface area contributed by atoms with E-state index in [9.17, 15) is 10.1 Å². The van der Waals surface area contributed by atoms with Crippen LogP contribution in [0.15, 0.2) is 59.5 Å². The summed E-state index contributed by atoms with van der Waals surface area (Å²) >= 11 is 0. The maximum Gasteiger partial charge on any atom is 0.144 e. The molecule has 0 fully saturated rings. The van der Waals surface area contributed by atoms with Crippen molar-refractivity contribution in [2.45, 2.75) is 19.8 Å². The van der Waals surface area contributed by atoms with Gasteiger partial charge in [-0.2, -0.15) is 5.26 Å². The molecule has 1 aromatic rings. The monoisotopic (exact) mass is 290 g/mol. The van der Waals surface area contributed by atoms with Crippen LogP contribution in [0.3, 0.4) is 0 Å². The fourth-order valence-corrected chi connectivity index (χ4v) is 3.15. The lowest BCUT2D eigenvalue weighted by atomic mass is 9.78. The number of rotatable bonds is 2. The second-order valence-corrected chi connectivity index (χ2v) is 5.70. The number of allylic oxidation sites excluding steroid dienone is 5. The first-order valence-electron chi connectivity index (χ1n) is 7.54. The van der Waals surface area contributed by atoms with Gasteiger partial charge in [0.2, 0.25) is 0 Å². The van der Waals surface area contributed by atoms with Gasteiger partial charge in [0.1, 0.15) is 17.5 Å². The first-order chi connectivity index (χ1) is 10.7.